The number of nitrogens with zero attached hydrogens (tertiary/aromatic N) is 1. The van der Waals surface area contributed by atoms with Gasteiger partial charge in [0.15, 0.2) is 0 Å². The zero-order valence-corrected chi connectivity index (χ0v) is 12.8. The van der Waals surface area contributed by atoms with Gasteiger partial charge in [0.1, 0.15) is 0 Å². The van der Waals surface area contributed by atoms with Crippen molar-refractivity contribution in [3.8, 4) is 0 Å². The zero-order chi connectivity index (χ0) is 14.0. The molecule has 0 unspecified atom stereocenters. The standard InChI is InChI=1S/C16H21ClN2/c1-5-8-18-16-13-9-12(17)6-7-14(13)19-11(4)15(16)10(2)3/h6-7,9-10H,5,8H2,1-4H3,(H,18,19). The Morgan fingerprint density at radius 2 is 2.05 bits per heavy atom. The molecule has 0 aliphatic carbocycles. The molecule has 0 aliphatic rings. The molecule has 1 aromatic heterocycles. The third-order valence-electron chi connectivity index (χ3n) is 3.30. The Bertz CT molecular complexity index is 591. The minimum atomic E-state index is 0.440. The second-order valence-corrected chi connectivity index (χ2v) is 5.67. The average Bonchev–Trinajstić information content (AvgIpc) is 2.35. The van der Waals surface area contributed by atoms with Gasteiger partial charge in [-0.3, -0.25) is 4.98 Å². The summed E-state index contributed by atoms with van der Waals surface area (Å²) in [6, 6.07) is 5.90. The van der Waals surface area contributed by atoms with Crippen LogP contribution in [0.15, 0.2) is 18.2 Å². The molecule has 0 saturated carbocycles. The first-order chi connectivity index (χ1) is 9.04. The molecule has 1 aromatic carbocycles. The third-order valence-corrected chi connectivity index (χ3v) is 3.54. The normalized spacial score (nSPS) is 11.3. The number of halogens is 1. The molecule has 19 heavy (non-hydrogen) atoms. The van der Waals surface area contributed by atoms with Crippen LogP contribution in [0.3, 0.4) is 0 Å². The number of hydrogen-bond donors (Lipinski definition) is 1. The monoisotopic (exact) mass is 276 g/mol. The van der Waals surface area contributed by atoms with Crippen molar-refractivity contribution in [3.05, 3.63) is 34.5 Å². The maximum atomic E-state index is 6.14. The molecule has 0 bridgehead atoms. The highest BCUT2D eigenvalue weighted by Gasteiger charge is 2.15. The molecule has 0 amide bonds. The third kappa shape index (κ3) is 2.84. The van der Waals surface area contributed by atoms with Crippen LogP contribution in [0.4, 0.5) is 5.69 Å². The summed E-state index contributed by atoms with van der Waals surface area (Å²) in [6.45, 7) is 9.63. The molecule has 0 radical (unpaired) electrons. The molecule has 102 valence electrons. The molecule has 0 saturated heterocycles. The number of hydrogen-bond acceptors (Lipinski definition) is 2. The Kier molecular flexibility index (Phi) is 4.31. The Hall–Kier alpha value is -1.28. The van der Waals surface area contributed by atoms with Gasteiger partial charge in [0.2, 0.25) is 0 Å². The van der Waals surface area contributed by atoms with E-state index in [-0.39, 0.29) is 0 Å². The van der Waals surface area contributed by atoms with Crippen LogP contribution in [-0.4, -0.2) is 11.5 Å². The molecule has 3 heteroatoms. The fourth-order valence-electron chi connectivity index (χ4n) is 2.52. The van der Waals surface area contributed by atoms with Crippen LogP contribution in [0.25, 0.3) is 10.9 Å². The molecule has 0 fully saturated rings. The van der Waals surface area contributed by atoms with E-state index in [1.165, 1.54) is 11.3 Å². The van der Waals surface area contributed by atoms with Gasteiger partial charge in [-0.15, -0.1) is 0 Å². The van der Waals surface area contributed by atoms with Crippen LogP contribution >= 0.6 is 11.6 Å². The Balaban J connectivity index is 2.72. The van der Waals surface area contributed by atoms with Gasteiger partial charge >= 0.3 is 0 Å². The first kappa shape index (κ1) is 14.1. The van der Waals surface area contributed by atoms with E-state index >= 15 is 0 Å². The van der Waals surface area contributed by atoms with Crippen LogP contribution in [0.2, 0.25) is 5.02 Å². The SMILES string of the molecule is CCCNc1c(C(C)C)c(C)nc2ccc(Cl)cc12. The molecule has 1 heterocycles. The highest BCUT2D eigenvalue weighted by molar-refractivity contribution is 6.31. The second kappa shape index (κ2) is 5.79. The lowest BCUT2D eigenvalue weighted by Crippen LogP contribution is -2.08. The maximum Gasteiger partial charge on any atom is 0.0727 e. The summed E-state index contributed by atoms with van der Waals surface area (Å²) in [4.78, 5) is 4.71. The van der Waals surface area contributed by atoms with Gasteiger partial charge in [0, 0.05) is 28.3 Å². The fraction of sp³-hybridized carbons (Fsp3) is 0.438. The minimum Gasteiger partial charge on any atom is -0.384 e. The number of aromatic nitrogens is 1. The molecule has 1 N–H and O–H groups in total. The fourth-order valence-corrected chi connectivity index (χ4v) is 2.69. The van der Waals surface area contributed by atoms with Crippen LogP contribution in [0.1, 0.15) is 44.4 Å². The number of benzene rings is 1. The lowest BCUT2D eigenvalue weighted by atomic mass is 9.96. The van der Waals surface area contributed by atoms with E-state index in [9.17, 15) is 0 Å². The van der Waals surface area contributed by atoms with Crippen molar-refractivity contribution in [2.45, 2.75) is 40.0 Å². The summed E-state index contributed by atoms with van der Waals surface area (Å²) >= 11 is 6.14. The van der Waals surface area contributed by atoms with Gasteiger partial charge in [-0.1, -0.05) is 32.4 Å². The number of nitrogens with one attached hydrogen (secondary N) is 1. The number of pyridine rings is 1. The summed E-state index contributed by atoms with van der Waals surface area (Å²) in [5.41, 5.74) is 4.60. The number of rotatable bonds is 4. The maximum absolute atomic E-state index is 6.14. The predicted octanol–water partition coefficient (Wildman–Crippen LogP) is 5.14. The second-order valence-electron chi connectivity index (χ2n) is 5.23. The lowest BCUT2D eigenvalue weighted by Gasteiger charge is -2.19. The molecule has 0 atom stereocenters. The Morgan fingerprint density at radius 1 is 1.32 bits per heavy atom. The smallest absolute Gasteiger partial charge is 0.0727 e. The van der Waals surface area contributed by atoms with E-state index in [0.717, 1.165) is 34.6 Å². The van der Waals surface area contributed by atoms with E-state index < -0.39 is 0 Å². The van der Waals surface area contributed by atoms with Gasteiger partial charge in [-0.05, 0) is 43.0 Å². The van der Waals surface area contributed by atoms with Crippen molar-refractivity contribution < 1.29 is 0 Å². The molecule has 2 rings (SSSR count). The minimum absolute atomic E-state index is 0.440. The lowest BCUT2D eigenvalue weighted by molar-refractivity contribution is 0.845. The van der Waals surface area contributed by atoms with Crippen molar-refractivity contribution in [2.75, 3.05) is 11.9 Å². The topological polar surface area (TPSA) is 24.9 Å². The van der Waals surface area contributed by atoms with Gasteiger partial charge in [0.25, 0.3) is 0 Å². The van der Waals surface area contributed by atoms with Gasteiger partial charge in [-0.25, -0.2) is 0 Å². The summed E-state index contributed by atoms with van der Waals surface area (Å²) < 4.78 is 0. The summed E-state index contributed by atoms with van der Waals surface area (Å²) in [6.07, 6.45) is 1.10. The quantitative estimate of drug-likeness (QED) is 0.836. The van der Waals surface area contributed by atoms with Gasteiger partial charge in [0.05, 0.1) is 5.52 Å². The van der Waals surface area contributed by atoms with E-state index in [4.69, 9.17) is 16.6 Å². The van der Waals surface area contributed by atoms with Crippen molar-refractivity contribution in [3.63, 3.8) is 0 Å². The summed E-state index contributed by atoms with van der Waals surface area (Å²) in [7, 11) is 0. The summed E-state index contributed by atoms with van der Waals surface area (Å²) in [5, 5.41) is 5.43. The predicted molar refractivity (Wildman–Crippen MR) is 84.4 cm³/mol. The van der Waals surface area contributed by atoms with E-state index in [1.807, 2.05) is 18.2 Å². The van der Waals surface area contributed by atoms with Gasteiger partial charge < -0.3 is 5.32 Å². The van der Waals surface area contributed by atoms with E-state index in [0.29, 0.717) is 5.92 Å². The Morgan fingerprint density at radius 3 is 2.68 bits per heavy atom. The molecule has 2 aromatic rings. The van der Waals surface area contributed by atoms with Crippen LogP contribution < -0.4 is 5.32 Å². The van der Waals surface area contributed by atoms with Crippen molar-refractivity contribution >= 4 is 28.2 Å². The molecule has 2 nitrogen and oxygen atoms in total. The molecular formula is C16H21ClN2. The van der Waals surface area contributed by atoms with Crippen molar-refractivity contribution in [2.24, 2.45) is 0 Å². The first-order valence-corrected chi connectivity index (χ1v) is 7.26. The highest BCUT2D eigenvalue weighted by atomic mass is 35.5. The molecule has 0 spiro atoms. The van der Waals surface area contributed by atoms with E-state index in [1.54, 1.807) is 0 Å². The largest absolute Gasteiger partial charge is 0.384 e. The van der Waals surface area contributed by atoms with Crippen LogP contribution in [0.5, 0.6) is 0 Å². The number of aryl methyl sites for hydroxylation is 1. The van der Waals surface area contributed by atoms with Crippen molar-refractivity contribution in [1.29, 1.82) is 0 Å². The van der Waals surface area contributed by atoms with Gasteiger partial charge in [-0.2, -0.15) is 0 Å². The Labute approximate surface area is 120 Å². The molecular weight excluding hydrogens is 256 g/mol. The summed E-state index contributed by atoms with van der Waals surface area (Å²) in [5.74, 6) is 0.440. The number of anilines is 1. The highest BCUT2D eigenvalue weighted by Crippen LogP contribution is 2.34. The average molecular weight is 277 g/mol. The number of fused-ring (bicyclic) bond motifs is 1. The zero-order valence-electron chi connectivity index (χ0n) is 12.0. The molecule has 0 aliphatic heterocycles. The van der Waals surface area contributed by atoms with Crippen LogP contribution in [0, 0.1) is 6.92 Å². The van der Waals surface area contributed by atoms with Crippen LogP contribution in [-0.2, 0) is 0 Å². The van der Waals surface area contributed by atoms with Crippen molar-refractivity contribution in [1.82, 2.24) is 4.98 Å². The first-order valence-electron chi connectivity index (χ1n) is 6.88. The van der Waals surface area contributed by atoms with E-state index in [2.05, 4.69) is 33.0 Å².